The molecule has 15 heteroatoms. The van der Waals surface area contributed by atoms with E-state index in [1.54, 1.807) is 44.7 Å². The fourth-order valence-corrected chi connectivity index (χ4v) is 11.8. The molecule has 4 aliphatic rings. The number of carbonyl (C=O) groups excluding carboxylic acids is 3. The molecule has 13 nitrogen and oxygen atoms in total. The van der Waals surface area contributed by atoms with Gasteiger partial charge < -0.3 is 28.3 Å². The van der Waals surface area contributed by atoms with Crippen molar-refractivity contribution in [3.05, 3.63) is 114 Å². The molecule has 1 spiro atoms. The molecule has 5 aromatic rings. The smallest absolute Gasteiger partial charge is 0.269 e. The number of hydrogen-bond acceptors (Lipinski definition) is 9. The second kappa shape index (κ2) is 14.5. The van der Waals surface area contributed by atoms with Gasteiger partial charge in [0.05, 0.1) is 35.4 Å². The summed E-state index contributed by atoms with van der Waals surface area (Å²) in [6.07, 6.45) is 1.85. The molecule has 0 unspecified atom stereocenters. The number of aromatic nitrogens is 3. The van der Waals surface area contributed by atoms with Crippen LogP contribution in [0.25, 0.3) is 0 Å². The first-order valence-corrected chi connectivity index (χ1v) is 22.4. The average Bonchev–Trinajstić information content (AvgIpc) is 3.86. The van der Waals surface area contributed by atoms with Crippen molar-refractivity contribution in [2.75, 3.05) is 34.5 Å². The van der Waals surface area contributed by atoms with E-state index in [4.69, 9.17) is 14.2 Å². The van der Waals surface area contributed by atoms with Gasteiger partial charge in [-0.25, -0.2) is 0 Å². The van der Waals surface area contributed by atoms with Gasteiger partial charge in [-0.15, -0.1) is 5.10 Å². The van der Waals surface area contributed by atoms with Crippen LogP contribution in [0.15, 0.2) is 97.2 Å². The second-order valence-corrected chi connectivity index (χ2v) is 19.5. The Kier molecular flexibility index (Phi) is 9.40. The topological polar surface area (TPSA) is 140 Å². The van der Waals surface area contributed by atoms with Crippen LogP contribution >= 0.6 is 0 Å². The fourth-order valence-electron chi connectivity index (χ4n) is 9.28. The molecule has 4 aromatic carbocycles. The predicted molar refractivity (Wildman–Crippen MR) is 216 cm³/mol. The first-order valence-electron chi connectivity index (χ1n) is 19.5. The highest BCUT2D eigenvalue weighted by Crippen LogP contribution is 2.61. The van der Waals surface area contributed by atoms with Gasteiger partial charge in [-0.3, -0.25) is 28.9 Å². The maximum atomic E-state index is 16.7. The van der Waals surface area contributed by atoms with Gasteiger partial charge in [0.1, 0.15) is 11.5 Å². The number of nitrogens with zero attached hydrogens (tertiary/aromatic N) is 6. The average molecular weight is 803 g/mol. The van der Waals surface area contributed by atoms with Crippen LogP contribution in [0.3, 0.4) is 0 Å². The molecule has 0 radical (unpaired) electrons. The summed E-state index contributed by atoms with van der Waals surface area (Å²) in [5.74, 6) is -0.244. The Hall–Kier alpha value is -5.90. The van der Waals surface area contributed by atoms with Gasteiger partial charge in [0.2, 0.25) is 8.41 Å². The van der Waals surface area contributed by atoms with Crippen molar-refractivity contribution in [1.29, 1.82) is 0 Å². The molecular weight excluding hydrogens is 760 g/mol. The van der Waals surface area contributed by atoms with E-state index in [1.165, 1.54) is 0 Å². The molecule has 0 bridgehead atoms. The van der Waals surface area contributed by atoms with E-state index >= 15 is 8.90 Å². The third-order valence-corrected chi connectivity index (χ3v) is 14.2. The lowest BCUT2D eigenvalue weighted by molar-refractivity contribution is -0.146. The second-order valence-electron chi connectivity index (χ2n) is 15.7. The molecule has 5 heterocycles. The van der Waals surface area contributed by atoms with Gasteiger partial charge in [-0.1, -0.05) is 48.5 Å². The van der Waals surface area contributed by atoms with Crippen LogP contribution in [0.2, 0.25) is 18.6 Å². The van der Waals surface area contributed by atoms with Gasteiger partial charge in [0.15, 0.2) is 18.8 Å². The predicted octanol–water partition coefficient (Wildman–Crippen LogP) is 6.34. The standard InChI is InChI=1S/C43H43FN6O7Si/c1-27-41(58(2,3)44)38(17-19-47-24-29(18-20-51)45-46-47)57-43(27)32-22-31(50-35-12-5-7-14-37(35)56-26-40(50)53)15-16-33(32)48(42(43)54)23-28-9-8-10-30(21-28)49-34-11-4-6-13-36(34)55-25-39(49)52/h4-16,21-22,24,27,38,41,51H,17-20,23,25-26H2,1-3H3/t27-,38+,41-,43+/m0/s1. The highest BCUT2D eigenvalue weighted by Gasteiger charge is 2.66. The Morgan fingerprint density at radius 1 is 0.845 bits per heavy atom. The summed E-state index contributed by atoms with van der Waals surface area (Å²) in [4.78, 5) is 47.1. The summed E-state index contributed by atoms with van der Waals surface area (Å²) >= 11 is 0. The van der Waals surface area contributed by atoms with E-state index in [-0.39, 0.29) is 44.1 Å². The van der Waals surface area contributed by atoms with Gasteiger partial charge in [0.25, 0.3) is 17.7 Å². The van der Waals surface area contributed by atoms with Crippen LogP contribution in [0, 0.1) is 5.92 Å². The summed E-state index contributed by atoms with van der Waals surface area (Å²) in [7, 11) is -3.51. The van der Waals surface area contributed by atoms with Crippen molar-refractivity contribution in [2.45, 2.75) is 63.2 Å². The first kappa shape index (κ1) is 37.7. The zero-order chi connectivity index (χ0) is 40.3. The summed E-state index contributed by atoms with van der Waals surface area (Å²) < 4.78 is 36.9. The van der Waals surface area contributed by atoms with Crippen molar-refractivity contribution in [1.82, 2.24) is 15.0 Å². The maximum Gasteiger partial charge on any atom is 0.269 e. The molecular formula is C43H43FN6O7Si. The molecule has 58 heavy (non-hydrogen) atoms. The van der Waals surface area contributed by atoms with Gasteiger partial charge >= 0.3 is 0 Å². The van der Waals surface area contributed by atoms with E-state index in [0.29, 0.717) is 70.6 Å². The molecule has 3 amide bonds. The maximum absolute atomic E-state index is 16.7. The molecule has 1 saturated heterocycles. The molecule has 1 aromatic heterocycles. The fraction of sp³-hybridized carbons (Fsp3) is 0.326. The SMILES string of the molecule is C[C@H]1[C@H]([Si](C)(C)F)[C@@H](CCn2cc(CCO)nn2)O[C@]12C(=O)N(Cc1cccc(N3C(=O)COc4ccccc43)c1)c1ccc(N3C(=O)COc4ccccc43)cc12. The van der Waals surface area contributed by atoms with Gasteiger partial charge in [-0.2, -0.15) is 0 Å². The number of aliphatic hydroxyl groups excluding tert-OH is 1. The van der Waals surface area contributed by atoms with Crippen LogP contribution in [0.1, 0.15) is 30.2 Å². The molecule has 9 rings (SSSR count). The summed E-state index contributed by atoms with van der Waals surface area (Å²) in [5.41, 5.74) is 2.77. The van der Waals surface area contributed by atoms with Crippen LogP contribution < -0.4 is 24.2 Å². The van der Waals surface area contributed by atoms with E-state index in [2.05, 4.69) is 10.3 Å². The Labute approximate surface area is 335 Å². The molecule has 298 valence electrons. The zero-order valence-electron chi connectivity index (χ0n) is 32.4. The normalized spacial score (nSPS) is 22.5. The first-order chi connectivity index (χ1) is 28.0. The largest absolute Gasteiger partial charge is 0.482 e. The Balaban J connectivity index is 1.12. The molecule has 4 aliphatic heterocycles. The Morgan fingerprint density at radius 3 is 2.16 bits per heavy atom. The van der Waals surface area contributed by atoms with Gasteiger partial charge in [-0.05, 0) is 79.7 Å². The van der Waals surface area contributed by atoms with Crippen molar-refractivity contribution < 1.29 is 37.8 Å². The van der Waals surface area contributed by atoms with Crippen LogP contribution in [-0.2, 0) is 44.2 Å². The number of rotatable bonds is 10. The number of anilines is 5. The third kappa shape index (κ3) is 6.24. The van der Waals surface area contributed by atoms with E-state index in [0.717, 1.165) is 5.56 Å². The van der Waals surface area contributed by atoms with Crippen molar-refractivity contribution >= 4 is 54.6 Å². The minimum Gasteiger partial charge on any atom is -0.482 e. The number of carbonyl (C=O) groups is 3. The summed E-state index contributed by atoms with van der Waals surface area (Å²) in [6, 6.07) is 27.6. The minimum absolute atomic E-state index is 0.0561. The number of fused-ring (bicyclic) bond motifs is 4. The summed E-state index contributed by atoms with van der Waals surface area (Å²) in [6.45, 7) is 5.41. The molecule has 1 fully saturated rings. The molecule has 0 saturated carbocycles. The van der Waals surface area contributed by atoms with Crippen LogP contribution in [0.5, 0.6) is 11.5 Å². The van der Waals surface area contributed by atoms with E-state index in [1.807, 2.05) is 91.9 Å². The number of aliphatic hydroxyl groups is 1. The lowest BCUT2D eigenvalue weighted by atomic mass is 9.82. The Morgan fingerprint density at radius 2 is 1.50 bits per heavy atom. The molecule has 0 aliphatic carbocycles. The number of amides is 3. The summed E-state index contributed by atoms with van der Waals surface area (Å²) in [5, 5.41) is 17.7. The monoisotopic (exact) mass is 802 g/mol. The van der Waals surface area contributed by atoms with E-state index < -0.39 is 31.6 Å². The van der Waals surface area contributed by atoms with E-state index in [9.17, 15) is 14.7 Å². The van der Waals surface area contributed by atoms with Crippen LogP contribution in [0.4, 0.5) is 32.5 Å². The number of halogens is 1. The van der Waals surface area contributed by atoms with Crippen molar-refractivity contribution in [2.24, 2.45) is 5.92 Å². The highest BCUT2D eigenvalue weighted by atomic mass is 28.4. The van der Waals surface area contributed by atoms with Crippen molar-refractivity contribution in [3.8, 4) is 11.5 Å². The third-order valence-electron chi connectivity index (χ3n) is 11.7. The number of aryl methyl sites for hydroxylation is 1. The van der Waals surface area contributed by atoms with Crippen LogP contribution in [-0.4, -0.2) is 72.2 Å². The molecule has 1 N–H and O–H groups in total. The number of ether oxygens (including phenoxy) is 3. The number of hydrogen-bond donors (Lipinski definition) is 1. The zero-order valence-corrected chi connectivity index (χ0v) is 33.4. The minimum atomic E-state index is -3.51. The number of benzene rings is 4. The lowest BCUT2D eigenvalue weighted by Crippen LogP contribution is -2.45. The van der Waals surface area contributed by atoms with Gasteiger partial charge in [0, 0.05) is 54.2 Å². The quantitative estimate of drug-likeness (QED) is 0.127. The lowest BCUT2D eigenvalue weighted by Gasteiger charge is -2.32. The number of para-hydroxylation sites is 4. The molecule has 4 atom stereocenters. The highest BCUT2D eigenvalue weighted by molar-refractivity contribution is 6.72. The Bertz CT molecular complexity index is 2440. The van der Waals surface area contributed by atoms with Crippen molar-refractivity contribution in [3.63, 3.8) is 0 Å².